The quantitative estimate of drug-likeness (QED) is 0.545. The van der Waals surface area contributed by atoms with E-state index in [0.29, 0.717) is 18.5 Å². The number of H-pyrrole nitrogens is 1. The summed E-state index contributed by atoms with van der Waals surface area (Å²) in [4.78, 5) is 33.1. The number of halogens is 1. The van der Waals surface area contributed by atoms with E-state index in [0.717, 1.165) is 39.5 Å². The molecule has 3 amide bonds. The molecule has 2 aliphatic heterocycles. The second-order valence-corrected chi connectivity index (χ2v) is 8.84. The van der Waals surface area contributed by atoms with Gasteiger partial charge < -0.3 is 10.1 Å². The van der Waals surface area contributed by atoms with Crippen LogP contribution < -0.4 is 0 Å². The summed E-state index contributed by atoms with van der Waals surface area (Å²) in [5, 5.41) is 11.8. The molecule has 30 heavy (non-hydrogen) atoms. The van der Waals surface area contributed by atoms with Crippen LogP contribution in [0.2, 0.25) is 0 Å². The average Bonchev–Trinajstić information content (AvgIpc) is 3.23. The smallest absolute Gasteiger partial charge is 0.328 e. The molecule has 3 aromatic rings. The van der Waals surface area contributed by atoms with Gasteiger partial charge in [-0.25, -0.2) is 4.79 Å². The lowest BCUT2D eigenvalue weighted by Crippen LogP contribution is -2.44. The number of para-hydroxylation sites is 1. The van der Waals surface area contributed by atoms with Crippen LogP contribution in [0.15, 0.2) is 46.9 Å². The van der Waals surface area contributed by atoms with Gasteiger partial charge in [-0.05, 0) is 36.2 Å². The van der Waals surface area contributed by atoms with Gasteiger partial charge >= 0.3 is 6.03 Å². The van der Waals surface area contributed by atoms with Crippen molar-refractivity contribution in [1.82, 2.24) is 14.8 Å². The highest BCUT2D eigenvalue weighted by atomic mass is 79.9. The molecule has 154 valence electrons. The monoisotopic (exact) mass is 467 g/mol. The summed E-state index contributed by atoms with van der Waals surface area (Å²) in [5.41, 5.74) is 3.46. The molecule has 6 nitrogen and oxygen atoms in total. The molecular weight excluding hydrogens is 446 g/mol. The van der Waals surface area contributed by atoms with Crippen molar-refractivity contribution in [2.75, 3.05) is 6.54 Å². The van der Waals surface area contributed by atoms with Crippen molar-refractivity contribution in [2.45, 2.75) is 38.3 Å². The highest BCUT2D eigenvalue weighted by Crippen LogP contribution is 2.46. The van der Waals surface area contributed by atoms with Gasteiger partial charge in [-0.2, -0.15) is 0 Å². The first-order chi connectivity index (χ1) is 14.5. The second-order valence-electron chi connectivity index (χ2n) is 7.92. The molecule has 0 aliphatic carbocycles. The van der Waals surface area contributed by atoms with Crippen LogP contribution >= 0.6 is 15.9 Å². The maximum absolute atomic E-state index is 13.4. The van der Waals surface area contributed by atoms with Gasteiger partial charge in [-0.1, -0.05) is 47.5 Å². The number of aromatic hydroxyl groups is 1. The van der Waals surface area contributed by atoms with E-state index >= 15 is 0 Å². The zero-order valence-corrected chi connectivity index (χ0v) is 18.1. The summed E-state index contributed by atoms with van der Waals surface area (Å²) >= 11 is 3.48. The fourth-order valence-corrected chi connectivity index (χ4v) is 5.10. The van der Waals surface area contributed by atoms with Crippen LogP contribution in [0, 0.1) is 0 Å². The third-order valence-corrected chi connectivity index (χ3v) is 6.65. The van der Waals surface area contributed by atoms with Gasteiger partial charge in [0.1, 0.15) is 17.8 Å². The fraction of sp³-hybridized carbons (Fsp3) is 0.304. The van der Waals surface area contributed by atoms with E-state index in [1.165, 1.54) is 4.90 Å². The summed E-state index contributed by atoms with van der Waals surface area (Å²) in [6.07, 6.45) is 2.15. The molecule has 2 aromatic carbocycles. The summed E-state index contributed by atoms with van der Waals surface area (Å²) in [5.74, 6) is -0.0513. The maximum Gasteiger partial charge on any atom is 0.328 e. The Hall–Kier alpha value is -2.80. The number of carbonyl (C=O) groups is 2. The first kappa shape index (κ1) is 19.2. The van der Waals surface area contributed by atoms with Crippen molar-refractivity contribution in [3.8, 4) is 5.75 Å². The number of unbranched alkanes of at least 4 members (excludes halogenated alkanes) is 1. The number of amides is 3. The SMILES string of the molecule is CCCCN1C(=O)[C@@H]2Cc3c([nH]c4ccccc34)[C@H](c3cc(Br)ccc3O)N2C1=O. The number of carbonyl (C=O) groups excluding carboxylic acids is 2. The van der Waals surface area contributed by atoms with Gasteiger partial charge in [0.05, 0.1) is 0 Å². The maximum atomic E-state index is 13.4. The number of nitrogens with one attached hydrogen (secondary N) is 1. The summed E-state index contributed by atoms with van der Waals surface area (Å²) < 4.78 is 0.802. The number of aromatic nitrogens is 1. The molecular formula is C23H22BrN3O3. The van der Waals surface area contributed by atoms with E-state index in [2.05, 4.69) is 20.9 Å². The van der Waals surface area contributed by atoms with Crippen molar-refractivity contribution in [2.24, 2.45) is 0 Å². The van der Waals surface area contributed by atoms with Crippen molar-refractivity contribution >= 4 is 38.8 Å². The summed E-state index contributed by atoms with van der Waals surface area (Å²) in [6.45, 7) is 2.46. The Morgan fingerprint density at radius 3 is 2.80 bits per heavy atom. The number of rotatable bonds is 4. The number of nitrogens with zero attached hydrogens (tertiary/aromatic N) is 2. The molecule has 2 atom stereocenters. The molecule has 2 aliphatic rings. The Morgan fingerprint density at radius 2 is 2.00 bits per heavy atom. The van der Waals surface area contributed by atoms with Crippen LogP contribution in [0.1, 0.15) is 42.6 Å². The zero-order valence-electron chi connectivity index (χ0n) is 16.6. The van der Waals surface area contributed by atoms with E-state index in [-0.39, 0.29) is 17.7 Å². The highest BCUT2D eigenvalue weighted by Gasteiger charge is 2.52. The van der Waals surface area contributed by atoms with Gasteiger partial charge in [0.25, 0.3) is 5.91 Å². The van der Waals surface area contributed by atoms with Crippen LogP contribution in [-0.2, 0) is 11.2 Å². The lowest BCUT2D eigenvalue weighted by atomic mass is 9.88. The van der Waals surface area contributed by atoms with Crippen LogP contribution in [0.4, 0.5) is 4.79 Å². The Kier molecular flexibility index (Phi) is 4.58. The lowest BCUT2D eigenvalue weighted by molar-refractivity contribution is -0.128. The van der Waals surface area contributed by atoms with E-state index < -0.39 is 12.1 Å². The minimum atomic E-state index is -0.565. The minimum absolute atomic E-state index is 0.0979. The molecule has 1 aromatic heterocycles. The molecule has 3 heterocycles. The number of benzene rings is 2. The number of imide groups is 1. The first-order valence-electron chi connectivity index (χ1n) is 10.2. The number of hydrogen-bond donors (Lipinski definition) is 2. The molecule has 1 fully saturated rings. The van der Waals surface area contributed by atoms with Crippen LogP contribution in [-0.4, -0.2) is 44.4 Å². The number of hydrogen-bond acceptors (Lipinski definition) is 3. The fourth-order valence-electron chi connectivity index (χ4n) is 4.72. The second kappa shape index (κ2) is 7.16. The van der Waals surface area contributed by atoms with Gasteiger partial charge in [-0.15, -0.1) is 0 Å². The highest BCUT2D eigenvalue weighted by molar-refractivity contribution is 9.10. The van der Waals surface area contributed by atoms with Crippen LogP contribution in [0.25, 0.3) is 10.9 Å². The van der Waals surface area contributed by atoms with Gasteiger partial charge in [0.2, 0.25) is 0 Å². The topological polar surface area (TPSA) is 76.6 Å². The number of phenolic OH excluding ortho intramolecular Hbond substituents is 1. The van der Waals surface area contributed by atoms with E-state index in [4.69, 9.17) is 0 Å². The number of urea groups is 1. The molecule has 0 radical (unpaired) electrons. The van der Waals surface area contributed by atoms with Gasteiger partial charge in [0.15, 0.2) is 0 Å². The Balaban J connectivity index is 1.72. The van der Waals surface area contributed by atoms with Crippen molar-refractivity contribution < 1.29 is 14.7 Å². The molecule has 0 unspecified atom stereocenters. The molecule has 0 bridgehead atoms. The number of phenols is 1. The van der Waals surface area contributed by atoms with Crippen molar-refractivity contribution in [3.63, 3.8) is 0 Å². The van der Waals surface area contributed by atoms with E-state index in [1.807, 2.05) is 37.3 Å². The van der Waals surface area contributed by atoms with Crippen molar-refractivity contribution in [1.29, 1.82) is 0 Å². The number of fused-ring (bicyclic) bond motifs is 4. The third-order valence-electron chi connectivity index (χ3n) is 6.15. The molecule has 7 heteroatoms. The predicted octanol–water partition coefficient (Wildman–Crippen LogP) is 4.71. The largest absolute Gasteiger partial charge is 0.508 e. The number of aromatic amines is 1. The van der Waals surface area contributed by atoms with Gasteiger partial charge in [0, 0.05) is 39.6 Å². The molecule has 2 N–H and O–H groups in total. The zero-order chi connectivity index (χ0) is 21.0. The molecule has 5 rings (SSSR count). The Bertz CT molecular complexity index is 1170. The Morgan fingerprint density at radius 1 is 1.20 bits per heavy atom. The van der Waals surface area contributed by atoms with Gasteiger partial charge in [-0.3, -0.25) is 14.6 Å². The summed E-state index contributed by atoms with van der Waals surface area (Å²) in [6, 6.07) is 11.7. The lowest BCUT2D eigenvalue weighted by Gasteiger charge is -2.36. The predicted molar refractivity (Wildman–Crippen MR) is 117 cm³/mol. The van der Waals surface area contributed by atoms with E-state index in [9.17, 15) is 14.7 Å². The van der Waals surface area contributed by atoms with Crippen LogP contribution in [0.5, 0.6) is 5.75 Å². The normalized spacial score (nSPS) is 20.7. The van der Waals surface area contributed by atoms with Crippen molar-refractivity contribution in [3.05, 3.63) is 63.8 Å². The molecule has 0 saturated carbocycles. The summed E-state index contributed by atoms with van der Waals surface area (Å²) in [7, 11) is 0. The van der Waals surface area contributed by atoms with E-state index in [1.54, 1.807) is 17.0 Å². The first-order valence-corrected chi connectivity index (χ1v) is 11.0. The Labute approximate surface area is 182 Å². The third kappa shape index (κ3) is 2.75. The minimum Gasteiger partial charge on any atom is -0.508 e. The average molecular weight is 468 g/mol. The molecule has 1 saturated heterocycles. The molecule has 0 spiro atoms. The van der Waals surface area contributed by atoms with Crippen LogP contribution in [0.3, 0.4) is 0 Å². The standard InChI is InChI=1S/C23H22BrN3O3/c1-2-3-10-26-22(29)18-12-15-14-6-4-5-7-17(14)25-20(15)21(27(18)23(26)30)16-11-13(24)8-9-19(16)28/h4-9,11,18,21,25,28H,2-3,10,12H2,1H3/t18-,21-/m0/s1.